The van der Waals surface area contributed by atoms with Gasteiger partial charge in [0.1, 0.15) is 5.82 Å². The van der Waals surface area contributed by atoms with Crippen molar-refractivity contribution >= 4 is 29.6 Å². The molecule has 1 heterocycles. The molecule has 0 fully saturated rings. The van der Waals surface area contributed by atoms with Crippen molar-refractivity contribution in [2.45, 2.75) is 18.2 Å². The van der Waals surface area contributed by atoms with Crippen LogP contribution < -0.4 is 5.32 Å². The average Bonchev–Trinajstić information content (AvgIpc) is 2.42. The quantitative estimate of drug-likeness (QED) is 0.351. The Morgan fingerprint density at radius 1 is 1.68 bits per heavy atom. The zero-order chi connectivity index (χ0) is 14.3. The molecule has 0 saturated heterocycles. The fourth-order valence-electron chi connectivity index (χ4n) is 1.21. The second kappa shape index (κ2) is 7.75. The molecule has 1 unspecified atom stereocenters. The molecule has 2 N–H and O–H groups in total. The van der Waals surface area contributed by atoms with Gasteiger partial charge in [0.05, 0.1) is 13.2 Å². The molecule has 6 nitrogen and oxygen atoms in total. The second-order valence-corrected chi connectivity index (χ2v) is 4.52. The first-order valence-electron chi connectivity index (χ1n) is 5.65. The molecule has 0 aliphatic carbocycles. The summed E-state index contributed by atoms with van der Waals surface area (Å²) in [6.45, 7) is 2.04. The fourth-order valence-corrected chi connectivity index (χ4v) is 1.55. The topological polar surface area (TPSA) is 84.3 Å². The van der Waals surface area contributed by atoms with Crippen molar-refractivity contribution in [3.05, 3.63) is 17.8 Å². The highest BCUT2D eigenvalue weighted by molar-refractivity contribution is 7.98. The number of rotatable bonds is 6. The van der Waals surface area contributed by atoms with Gasteiger partial charge in [-0.2, -0.15) is 0 Å². The van der Waals surface area contributed by atoms with E-state index in [9.17, 15) is 9.90 Å². The third-order valence-electron chi connectivity index (χ3n) is 2.14. The van der Waals surface area contributed by atoms with E-state index in [-0.39, 0.29) is 0 Å². The van der Waals surface area contributed by atoms with Crippen LogP contribution in [-0.4, -0.2) is 47.1 Å². The number of esters is 1. The molecule has 0 aliphatic heterocycles. The Bertz CT molecular complexity index is 464. The highest BCUT2D eigenvalue weighted by Crippen LogP contribution is 2.17. The molecule has 104 valence electrons. The summed E-state index contributed by atoms with van der Waals surface area (Å²) in [5.41, 5.74) is 0.656. The van der Waals surface area contributed by atoms with Gasteiger partial charge >= 0.3 is 5.97 Å². The number of ether oxygens (including phenoxy) is 1. The van der Waals surface area contributed by atoms with Gasteiger partial charge in [0, 0.05) is 24.4 Å². The summed E-state index contributed by atoms with van der Waals surface area (Å²) >= 11 is 1.41. The molecule has 0 amide bonds. The van der Waals surface area contributed by atoms with Crippen LogP contribution in [0.3, 0.4) is 0 Å². The highest BCUT2D eigenvalue weighted by atomic mass is 32.2. The van der Waals surface area contributed by atoms with Crippen molar-refractivity contribution in [2.24, 2.45) is 0 Å². The van der Waals surface area contributed by atoms with E-state index in [1.54, 1.807) is 19.2 Å². The number of hydrogen-bond donors (Lipinski definition) is 2. The fraction of sp³-hybridized carbons (Fsp3) is 0.417. The molecule has 0 radical (unpaired) electrons. The Hall–Kier alpha value is -1.60. The van der Waals surface area contributed by atoms with E-state index < -0.39 is 12.1 Å². The number of carbonyl (C=O) groups excluding carboxylic acids is 1. The van der Waals surface area contributed by atoms with E-state index in [1.165, 1.54) is 24.9 Å². The standard InChI is InChI=1S/C12H17N3O3S/c1-8(16)6-13-11-9(4-5-10(17)18-2)7-14-12(15-11)19-3/h4-5,7-8,16H,6H2,1-3H3,(H,13,14,15). The van der Waals surface area contributed by atoms with Crippen molar-refractivity contribution < 1.29 is 14.6 Å². The Morgan fingerprint density at radius 3 is 3.00 bits per heavy atom. The zero-order valence-electron chi connectivity index (χ0n) is 11.1. The number of nitrogens with one attached hydrogen (secondary N) is 1. The summed E-state index contributed by atoms with van der Waals surface area (Å²) in [5.74, 6) is 0.121. The molecule has 0 aliphatic rings. The molecular weight excluding hydrogens is 266 g/mol. The first-order valence-corrected chi connectivity index (χ1v) is 6.88. The number of carbonyl (C=O) groups is 1. The molecule has 0 spiro atoms. The number of hydrogen-bond acceptors (Lipinski definition) is 7. The monoisotopic (exact) mass is 283 g/mol. The van der Waals surface area contributed by atoms with Crippen LogP contribution in [0.2, 0.25) is 0 Å². The van der Waals surface area contributed by atoms with Crippen LogP contribution in [0, 0.1) is 0 Å². The predicted molar refractivity (Wildman–Crippen MR) is 75.0 cm³/mol. The van der Waals surface area contributed by atoms with Gasteiger partial charge in [-0.05, 0) is 19.3 Å². The van der Waals surface area contributed by atoms with Gasteiger partial charge in [0.2, 0.25) is 0 Å². The van der Waals surface area contributed by atoms with Crippen LogP contribution in [0.1, 0.15) is 12.5 Å². The first kappa shape index (κ1) is 15.5. The van der Waals surface area contributed by atoms with Gasteiger partial charge in [0.25, 0.3) is 0 Å². The molecule has 0 saturated carbocycles. The minimum Gasteiger partial charge on any atom is -0.466 e. The number of nitrogens with zero attached hydrogens (tertiary/aromatic N) is 2. The largest absolute Gasteiger partial charge is 0.466 e. The van der Waals surface area contributed by atoms with E-state index in [4.69, 9.17) is 0 Å². The number of aromatic nitrogens is 2. The first-order chi connectivity index (χ1) is 9.06. The van der Waals surface area contributed by atoms with Gasteiger partial charge < -0.3 is 15.2 Å². The van der Waals surface area contributed by atoms with Crippen molar-refractivity contribution in [3.63, 3.8) is 0 Å². The van der Waals surface area contributed by atoms with Crippen molar-refractivity contribution in [3.8, 4) is 0 Å². The summed E-state index contributed by atoms with van der Waals surface area (Å²) in [6, 6.07) is 0. The Morgan fingerprint density at radius 2 is 2.42 bits per heavy atom. The van der Waals surface area contributed by atoms with E-state index in [0.717, 1.165) is 0 Å². The molecule has 0 bridgehead atoms. The second-order valence-electron chi connectivity index (χ2n) is 3.75. The van der Waals surface area contributed by atoms with Crippen LogP contribution in [0.5, 0.6) is 0 Å². The molecule has 19 heavy (non-hydrogen) atoms. The lowest BCUT2D eigenvalue weighted by Gasteiger charge is -2.10. The highest BCUT2D eigenvalue weighted by Gasteiger charge is 2.06. The van der Waals surface area contributed by atoms with E-state index >= 15 is 0 Å². The molecular formula is C12H17N3O3S. The van der Waals surface area contributed by atoms with Gasteiger partial charge in [-0.3, -0.25) is 0 Å². The van der Waals surface area contributed by atoms with Crippen molar-refractivity contribution in [1.29, 1.82) is 0 Å². The minimum absolute atomic E-state index is 0.365. The molecule has 1 aromatic rings. The van der Waals surface area contributed by atoms with Crippen LogP contribution in [0.25, 0.3) is 6.08 Å². The lowest BCUT2D eigenvalue weighted by Crippen LogP contribution is -2.17. The number of aliphatic hydroxyl groups is 1. The number of thioether (sulfide) groups is 1. The van der Waals surface area contributed by atoms with E-state index in [2.05, 4.69) is 20.0 Å². The van der Waals surface area contributed by atoms with E-state index in [1.807, 2.05) is 6.26 Å². The predicted octanol–water partition coefficient (Wildman–Crippen LogP) is 1.18. The maximum atomic E-state index is 11.1. The van der Waals surface area contributed by atoms with Gasteiger partial charge in [-0.25, -0.2) is 14.8 Å². The Labute approximate surface area is 116 Å². The van der Waals surface area contributed by atoms with Gasteiger partial charge in [0.15, 0.2) is 5.16 Å². The SMILES string of the molecule is COC(=O)C=Cc1cnc(SC)nc1NCC(C)O. The number of methoxy groups -OCH3 is 1. The lowest BCUT2D eigenvalue weighted by atomic mass is 10.2. The normalized spacial score (nSPS) is 12.4. The molecule has 7 heteroatoms. The molecule has 0 aromatic carbocycles. The smallest absolute Gasteiger partial charge is 0.330 e. The summed E-state index contributed by atoms with van der Waals surface area (Å²) in [6.07, 6.45) is 5.86. The molecule has 1 atom stereocenters. The zero-order valence-corrected chi connectivity index (χ0v) is 11.9. The summed E-state index contributed by atoms with van der Waals surface area (Å²) in [7, 11) is 1.31. The maximum Gasteiger partial charge on any atom is 0.330 e. The van der Waals surface area contributed by atoms with Crippen LogP contribution in [0.4, 0.5) is 5.82 Å². The maximum absolute atomic E-state index is 11.1. The average molecular weight is 283 g/mol. The van der Waals surface area contributed by atoms with Crippen LogP contribution in [0.15, 0.2) is 17.4 Å². The molecule has 1 aromatic heterocycles. The van der Waals surface area contributed by atoms with Crippen LogP contribution >= 0.6 is 11.8 Å². The minimum atomic E-state index is -0.495. The lowest BCUT2D eigenvalue weighted by molar-refractivity contribution is -0.134. The Kier molecular flexibility index (Phi) is 6.31. The third-order valence-corrected chi connectivity index (χ3v) is 2.70. The third kappa shape index (κ3) is 5.27. The summed E-state index contributed by atoms with van der Waals surface area (Å²) in [5, 5.41) is 12.9. The van der Waals surface area contributed by atoms with Crippen molar-refractivity contribution in [1.82, 2.24) is 9.97 Å². The van der Waals surface area contributed by atoms with Gasteiger partial charge in [-0.1, -0.05) is 11.8 Å². The van der Waals surface area contributed by atoms with Gasteiger partial charge in [-0.15, -0.1) is 0 Å². The van der Waals surface area contributed by atoms with E-state index in [0.29, 0.717) is 23.1 Å². The number of anilines is 1. The molecule has 1 rings (SSSR count). The van der Waals surface area contributed by atoms with Crippen LogP contribution in [-0.2, 0) is 9.53 Å². The number of aliphatic hydroxyl groups excluding tert-OH is 1. The summed E-state index contributed by atoms with van der Waals surface area (Å²) in [4.78, 5) is 19.5. The summed E-state index contributed by atoms with van der Waals surface area (Å²) < 4.78 is 4.52. The van der Waals surface area contributed by atoms with Crippen molar-refractivity contribution in [2.75, 3.05) is 25.2 Å². The Balaban J connectivity index is 2.94.